The van der Waals surface area contributed by atoms with E-state index < -0.39 is 21.7 Å². The van der Waals surface area contributed by atoms with Crippen LogP contribution in [0, 0.1) is 0 Å². The SMILES string of the molecule is CC(C)(C)OC(=O)COc1ccc(OS(=O)(=O)c2ccccc2)cc1. The van der Waals surface area contributed by atoms with Gasteiger partial charge in [0, 0.05) is 0 Å². The fraction of sp³-hybridized carbons (Fsp3) is 0.278. The van der Waals surface area contributed by atoms with Crippen LogP contribution < -0.4 is 8.92 Å². The van der Waals surface area contributed by atoms with E-state index in [4.69, 9.17) is 13.7 Å². The van der Waals surface area contributed by atoms with Crippen molar-refractivity contribution in [1.29, 1.82) is 0 Å². The molecule has 0 unspecified atom stereocenters. The fourth-order valence-corrected chi connectivity index (χ4v) is 2.82. The van der Waals surface area contributed by atoms with E-state index >= 15 is 0 Å². The van der Waals surface area contributed by atoms with E-state index in [0.29, 0.717) is 5.75 Å². The largest absolute Gasteiger partial charge is 0.482 e. The maximum atomic E-state index is 12.1. The average Bonchev–Trinajstić information content (AvgIpc) is 2.53. The highest BCUT2D eigenvalue weighted by atomic mass is 32.2. The molecule has 7 heteroatoms. The summed E-state index contributed by atoms with van der Waals surface area (Å²) < 4.78 is 39.7. The number of carbonyl (C=O) groups is 1. The van der Waals surface area contributed by atoms with Crippen molar-refractivity contribution in [1.82, 2.24) is 0 Å². The number of ether oxygens (including phenoxy) is 2. The molecule has 2 aromatic rings. The lowest BCUT2D eigenvalue weighted by atomic mass is 10.2. The van der Waals surface area contributed by atoms with Gasteiger partial charge in [-0.3, -0.25) is 0 Å². The van der Waals surface area contributed by atoms with Crippen LogP contribution in [0.3, 0.4) is 0 Å². The first kappa shape index (κ1) is 18.8. The van der Waals surface area contributed by atoms with Crippen LogP contribution in [0.4, 0.5) is 0 Å². The minimum Gasteiger partial charge on any atom is -0.482 e. The van der Waals surface area contributed by atoms with Gasteiger partial charge in [0.25, 0.3) is 0 Å². The summed E-state index contributed by atoms with van der Waals surface area (Å²) in [5.74, 6) is 0.0586. The summed E-state index contributed by atoms with van der Waals surface area (Å²) in [6.07, 6.45) is 0. The van der Waals surface area contributed by atoms with Gasteiger partial charge in [0.15, 0.2) is 6.61 Å². The highest BCUT2D eigenvalue weighted by Gasteiger charge is 2.17. The molecule has 0 aliphatic carbocycles. The quantitative estimate of drug-likeness (QED) is 0.579. The Morgan fingerprint density at radius 3 is 2.04 bits per heavy atom. The fourth-order valence-electron chi connectivity index (χ4n) is 1.87. The van der Waals surface area contributed by atoms with Crippen molar-refractivity contribution in [2.75, 3.05) is 6.61 Å². The Hall–Kier alpha value is -2.54. The normalized spacial score (nSPS) is 11.6. The first-order valence-electron chi connectivity index (χ1n) is 7.60. The summed E-state index contributed by atoms with van der Waals surface area (Å²) in [6.45, 7) is 5.07. The highest BCUT2D eigenvalue weighted by Crippen LogP contribution is 2.22. The van der Waals surface area contributed by atoms with Gasteiger partial charge in [-0.05, 0) is 57.2 Å². The van der Waals surface area contributed by atoms with Crippen LogP contribution in [-0.2, 0) is 19.6 Å². The van der Waals surface area contributed by atoms with Crippen molar-refractivity contribution in [3.63, 3.8) is 0 Å². The van der Waals surface area contributed by atoms with E-state index in [9.17, 15) is 13.2 Å². The van der Waals surface area contributed by atoms with E-state index in [-0.39, 0.29) is 17.3 Å². The Kier molecular flexibility index (Phi) is 5.69. The number of benzene rings is 2. The number of esters is 1. The molecule has 0 bridgehead atoms. The maximum Gasteiger partial charge on any atom is 0.344 e. The van der Waals surface area contributed by atoms with Gasteiger partial charge >= 0.3 is 16.1 Å². The van der Waals surface area contributed by atoms with Gasteiger partial charge in [0.05, 0.1) is 0 Å². The lowest BCUT2D eigenvalue weighted by molar-refractivity contribution is -0.157. The Bertz CT molecular complexity index is 805. The van der Waals surface area contributed by atoms with Gasteiger partial charge < -0.3 is 13.7 Å². The average molecular weight is 364 g/mol. The zero-order valence-corrected chi connectivity index (χ0v) is 15.1. The van der Waals surface area contributed by atoms with Crippen LogP contribution in [0.25, 0.3) is 0 Å². The molecule has 0 aromatic heterocycles. The molecular formula is C18H20O6S. The highest BCUT2D eigenvalue weighted by molar-refractivity contribution is 7.87. The molecule has 0 amide bonds. The van der Waals surface area contributed by atoms with Gasteiger partial charge in [-0.1, -0.05) is 18.2 Å². The minimum absolute atomic E-state index is 0.0697. The van der Waals surface area contributed by atoms with Crippen molar-refractivity contribution < 1.29 is 26.9 Å². The topological polar surface area (TPSA) is 78.9 Å². The molecule has 0 saturated heterocycles. The lowest BCUT2D eigenvalue weighted by Gasteiger charge is -2.19. The standard InChI is InChI=1S/C18H20O6S/c1-18(2,3)23-17(19)13-22-14-9-11-15(12-10-14)24-25(20,21)16-7-5-4-6-8-16/h4-12H,13H2,1-3H3. The smallest absolute Gasteiger partial charge is 0.344 e. The number of rotatable bonds is 6. The molecule has 0 N–H and O–H groups in total. The molecule has 0 aliphatic rings. The van der Waals surface area contributed by atoms with Crippen molar-refractivity contribution in [3.05, 3.63) is 54.6 Å². The second kappa shape index (κ2) is 7.57. The van der Waals surface area contributed by atoms with E-state index in [1.54, 1.807) is 39.0 Å². The zero-order chi connectivity index (χ0) is 18.5. The molecule has 0 atom stereocenters. The second-order valence-electron chi connectivity index (χ2n) is 6.20. The van der Waals surface area contributed by atoms with Crippen LogP contribution in [0.1, 0.15) is 20.8 Å². The molecular weight excluding hydrogens is 344 g/mol. The first-order chi connectivity index (χ1) is 11.7. The third kappa shape index (κ3) is 6.11. The van der Waals surface area contributed by atoms with Crippen LogP contribution in [0.5, 0.6) is 11.5 Å². The molecule has 0 heterocycles. The second-order valence-corrected chi connectivity index (χ2v) is 7.74. The van der Waals surface area contributed by atoms with Crippen LogP contribution in [-0.4, -0.2) is 26.6 Å². The Labute approximate surface area is 147 Å². The Morgan fingerprint density at radius 1 is 0.920 bits per heavy atom. The summed E-state index contributed by atoms with van der Waals surface area (Å²) in [6, 6.07) is 13.8. The predicted octanol–water partition coefficient (Wildman–Crippen LogP) is 3.17. The summed E-state index contributed by atoms with van der Waals surface area (Å²) in [5, 5.41) is 0. The molecule has 134 valence electrons. The van der Waals surface area contributed by atoms with Crippen molar-refractivity contribution in [2.45, 2.75) is 31.3 Å². The summed E-state index contributed by atoms with van der Waals surface area (Å²) in [4.78, 5) is 11.7. The maximum absolute atomic E-state index is 12.1. The van der Waals surface area contributed by atoms with Crippen LogP contribution >= 0.6 is 0 Å². The van der Waals surface area contributed by atoms with E-state index in [2.05, 4.69) is 0 Å². The van der Waals surface area contributed by atoms with Crippen molar-refractivity contribution in [3.8, 4) is 11.5 Å². The lowest BCUT2D eigenvalue weighted by Crippen LogP contribution is -2.27. The van der Waals surface area contributed by atoms with Crippen LogP contribution in [0.15, 0.2) is 59.5 Å². The Balaban J connectivity index is 1.95. The Morgan fingerprint density at radius 2 is 1.48 bits per heavy atom. The van der Waals surface area contributed by atoms with Gasteiger partial charge in [0.1, 0.15) is 22.0 Å². The molecule has 0 radical (unpaired) electrons. The molecule has 0 saturated carbocycles. The molecule has 2 aromatic carbocycles. The number of hydrogen-bond donors (Lipinski definition) is 0. The molecule has 2 rings (SSSR count). The van der Waals surface area contributed by atoms with Gasteiger partial charge in [-0.25, -0.2) is 4.79 Å². The summed E-state index contributed by atoms with van der Waals surface area (Å²) >= 11 is 0. The third-order valence-electron chi connectivity index (χ3n) is 2.84. The minimum atomic E-state index is -3.89. The third-order valence-corrected chi connectivity index (χ3v) is 4.10. The summed E-state index contributed by atoms with van der Waals surface area (Å²) in [7, 11) is -3.89. The predicted molar refractivity (Wildman–Crippen MR) is 92.0 cm³/mol. The van der Waals surface area contributed by atoms with Gasteiger partial charge in [0.2, 0.25) is 0 Å². The van der Waals surface area contributed by atoms with Crippen molar-refractivity contribution in [2.24, 2.45) is 0 Å². The summed E-state index contributed by atoms with van der Waals surface area (Å²) in [5.41, 5.74) is -0.579. The first-order valence-corrected chi connectivity index (χ1v) is 9.01. The number of carbonyl (C=O) groups excluding carboxylic acids is 1. The van der Waals surface area contributed by atoms with E-state index in [1.165, 1.54) is 36.4 Å². The van der Waals surface area contributed by atoms with Gasteiger partial charge in [-0.15, -0.1) is 0 Å². The van der Waals surface area contributed by atoms with Crippen molar-refractivity contribution >= 4 is 16.1 Å². The monoisotopic (exact) mass is 364 g/mol. The molecule has 0 spiro atoms. The number of hydrogen-bond acceptors (Lipinski definition) is 6. The molecule has 6 nitrogen and oxygen atoms in total. The van der Waals surface area contributed by atoms with E-state index in [1.807, 2.05) is 0 Å². The molecule has 25 heavy (non-hydrogen) atoms. The van der Waals surface area contributed by atoms with Crippen LogP contribution in [0.2, 0.25) is 0 Å². The van der Waals surface area contributed by atoms with Gasteiger partial charge in [-0.2, -0.15) is 8.42 Å². The molecule has 0 aliphatic heterocycles. The van der Waals surface area contributed by atoms with E-state index in [0.717, 1.165) is 0 Å². The zero-order valence-electron chi connectivity index (χ0n) is 14.3. The molecule has 0 fully saturated rings.